The first-order valence-corrected chi connectivity index (χ1v) is 10.4. The van der Waals surface area contributed by atoms with Crippen molar-refractivity contribution in [1.29, 1.82) is 0 Å². The number of nitrogens with one attached hydrogen (secondary N) is 1. The standard InChI is InChI=1S/C24H22N2OS/c1-2-9-22-26-20-15-14-19(16-21(20)28-22)25-24(27)23(17-10-5-3-6-11-17)18-12-7-4-8-13-18/h3-8,10-16,23H,2,9H2,1H3,(H,25,27). The van der Waals surface area contributed by atoms with Gasteiger partial charge >= 0.3 is 0 Å². The highest BCUT2D eigenvalue weighted by Gasteiger charge is 2.22. The van der Waals surface area contributed by atoms with Gasteiger partial charge in [0.05, 0.1) is 21.1 Å². The summed E-state index contributed by atoms with van der Waals surface area (Å²) in [5.41, 5.74) is 3.76. The van der Waals surface area contributed by atoms with Crippen LogP contribution >= 0.6 is 11.3 Å². The first-order chi connectivity index (χ1) is 13.7. The molecule has 28 heavy (non-hydrogen) atoms. The molecule has 4 heteroatoms. The monoisotopic (exact) mass is 386 g/mol. The number of thiazole rings is 1. The fraction of sp³-hybridized carbons (Fsp3) is 0.167. The predicted molar refractivity (Wildman–Crippen MR) is 117 cm³/mol. The molecule has 4 aromatic rings. The SMILES string of the molecule is CCCc1nc2ccc(NC(=O)C(c3ccccc3)c3ccccc3)cc2s1. The number of hydrogen-bond donors (Lipinski definition) is 1. The number of carbonyl (C=O) groups is 1. The van der Waals surface area contributed by atoms with Crippen LogP contribution in [0, 0.1) is 0 Å². The second-order valence-corrected chi connectivity index (χ2v) is 7.90. The smallest absolute Gasteiger partial charge is 0.236 e. The first-order valence-electron chi connectivity index (χ1n) is 9.55. The highest BCUT2D eigenvalue weighted by atomic mass is 32.1. The Labute approximate surface area is 169 Å². The van der Waals surface area contributed by atoms with Crippen LogP contribution in [0.4, 0.5) is 5.69 Å². The Morgan fingerprint density at radius 2 is 1.61 bits per heavy atom. The van der Waals surface area contributed by atoms with E-state index in [-0.39, 0.29) is 11.8 Å². The van der Waals surface area contributed by atoms with Crippen molar-refractivity contribution < 1.29 is 4.79 Å². The lowest BCUT2D eigenvalue weighted by atomic mass is 9.90. The minimum atomic E-state index is -0.352. The van der Waals surface area contributed by atoms with Gasteiger partial charge in [-0.05, 0) is 42.2 Å². The maximum atomic E-state index is 13.2. The average molecular weight is 387 g/mol. The summed E-state index contributed by atoms with van der Waals surface area (Å²) in [6, 6.07) is 25.8. The number of nitrogens with zero attached hydrogens (tertiary/aromatic N) is 1. The van der Waals surface area contributed by atoms with Crippen molar-refractivity contribution in [1.82, 2.24) is 4.98 Å². The molecule has 1 heterocycles. The van der Waals surface area contributed by atoms with E-state index in [1.165, 1.54) is 0 Å². The second kappa shape index (κ2) is 8.36. The third-order valence-electron chi connectivity index (χ3n) is 4.69. The fourth-order valence-corrected chi connectivity index (χ4v) is 4.48. The molecule has 0 fully saturated rings. The van der Waals surface area contributed by atoms with Crippen LogP contribution in [-0.4, -0.2) is 10.9 Å². The maximum absolute atomic E-state index is 13.2. The number of benzene rings is 3. The Balaban J connectivity index is 1.63. The van der Waals surface area contributed by atoms with E-state index in [2.05, 4.69) is 17.2 Å². The van der Waals surface area contributed by atoms with Crippen LogP contribution in [0.1, 0.15) is 35.4 Å². The van der Waals surface area contributed by atoms with Crippen LogP contribution in [0.2, 0.25) is 0 Å². The van der Waals surface area contributed by atoms with Crippen LogP contribution < -0.4 is 5.32 Å². The molecule has 1 amide bonds. The lowest BCUT2D eigenvalue weighted by Gasteiger charge is -2.18. The molecule has 0 atom stereocenters. The molecular weight excluding hydrogens is 364 g/mol. The second-order valence-electron chi connectivity index (χ2n) is 6.78. The Morgan fingerprint density at radius 1 is 0.964 bits per heavy atom. The number of fused-ring (bicyclic) bond motifs is 1. The Hall–Kier alpha value is -2.98. The molecule has 1 aromatic heterocycles. The van der Waals surface area contributed by atoms with Crippen LogP contribution in [0.25, 0.3) is 10.2 Å². The summed E-state index contributed by atoms with van der Waals surface area (Å²) >= 11 is 1.70. The van der Waals surface area contributed by atoms with Crippen molar-refractivity contribution in [2.24, 2.45) is 0 Å². The van der Waals surface area contributed by atoms with Gasteiger partial charge in [0, 0.05) is 5.69 Å². The summed E-state index contributed by atoms with van der Waals surface area (Å²) in [5, 5.41) is 4.26. The molecule has 4 rings (SSSR count). The molecule has 140 valence electrons. The molecule has 3 aromatic carbocycles. The van der Waals surface area contributed by atoms with Gasteiger partial charge in [0.2, 0.25) is 5.91 Å². The van der Waals surface area contributed by atoms with E-state index >= 15 is 0 Å². The Kier molecular flexibility index (Phi) is 5.49. The van der Waals surface area contributed by atoms with Gasteiger partial charge in [-0.15, -0.1) is 11.3 Å². The number of aryl methyl sites for hydroxylation is 1. The van der Waals surface area contributed by atoms with E-state index in [9.17, 15) is 4.79 Å². The van der Waals surface area contributed by atoms with Crippen molar-refractivity contribution in [3.05, 3.63) is 95.0 Å². The van der Waals surface area contributed by atoms with Crippen LogP contribution in [-0.2, 0) is 11.2 Å². The lowest BCUT2D eigenvalue weighted by molar-refractivity contribution is -0.116. The highest BCUT2D eigenvalue weighted by Crippen LogP contribution is 2.29. The molecule has 0 saturated carbocycles. The summed E-state index contributed by atoms with van der Waals surface area (Å²) < 4.78 is 1.11. The van der Waals surface area contributed by atoms with Crippen molar-refractivity contribution >= 4 is 33.1 Å². The summed E-state index contributed by atoms with van der Waals surface area (Å²) in [6.45, 7) is 2.16. The van der Waals surface area contributed by atoms with E-state index in [1.54, 1.807) is 11.3 Å². The van der Waals surface area contributed by atoms with Crippen molar-refractivity contribution in [2.45, 2.75) is 25.7 Å². The number of anilines is 1. The molecule has 0 aliphatic carbocycles. The van der Waals surface area contributed by atoms with Gasteiger partial charge < -0.3 is 5.32 Å². The number of carbonyl (C=O) groups excluding carboxylic acids is 1. The van der Waals surface area contributed by atoms with E-state index in [0.717, 1.165) is 44.9 Å². The van der Waals surface area contributed by atoms with E-state index < -0.39 is 0 Å². The third-order valence-corrected chi connectivity index (χ3v) is 5.77. The van der Waals surface area contributed by atoms with Crippen molar-refractivity contribution in [3.63, 3.8) is 0 Å². The van der Waals surface area contributed by atoms with Gasteiger partial charge in [0.1, 0.15) is 0 Å². The summed E-state index contributed by atoms with van der Waals surface area (Å²) in [5.74, 6) is -0.384. The van der Waals surface area contributed by atoms with Gasteiger partial charge in [0.15, 0.2) is 0 Å². The number of amides is 1. The van der Waals surface area contributed by atoms with Gasteiger partial charge in [-0.1, -0.05) is 67.6 Å². The molecule has 1 N–H and O–H groups in total. The highest BCUT2D eigenvalue weighted by molar-refractivity contribution is 7.18. The Morgan fingerprint density at radius 3 is 2.21 bits per heavy atom. The predicted octanol–water partition coefficient (Wildman–Crippen LogP) is 6.02. The third kappa shape index (κ3) is 3.97. The number of rotatable bonds is 6. The Bertz CT molecular complexity index is 1030. The zero-order valence-corrected chi connectivity index (χ0v) is 16.6. The van der Waals surface area contributed by atoms with Crippen LogP contribution in [0.15, 0.2) is 78.9 Å². The van der Waals surface area contributed by atoms with E-state index in [0.29, 0.717) is 0 Å². The summed E-state index contributed by atoms with van der Waals surface area (Å²) in [7, 11) is 0. The normalized spacial score (nSPS) is 11.1. The number of aromatic nitrogens is 1. The zero-order valence-electron chi connectivity index (χ0n) is 15.8. The fourth-order valence-electron chi connectivity index (χ4n) is 3.37. The minimum absolute atomic E-state index is 0.0324. The first kappa shape index (κ1) is 18.4. The van der Waals surface area contributed by atoms with Gasteiger partial charge in [0.25, 0.3) is 0 Å². The van der Waals surface area contributed by atoms with Crippen LogP contribution in [0.5, 0.6) is 0 Å². The van der Waals surface area contributed by atoms with Gasteiger partial charge in [-0.25, -0.2) is 4.98 Å². The molecule has 0 aliphatic rings. The molecule has 0 aliphatic heterocycles. The zero-order chi connectivity index (χ0) is 19.3. The van der Waals surface area contributed by atoms with Gasteiger partial charge in [-0.3, -0.25) is 4.79 Å². The van der Waals surface area contributed by atoms with Crippen LogP contribution in [0.3, 0.4) is 0 Å². The largest absolute Gasteiger partial charge is 0.325 e. The van der Waals surface area contributed by atoms with E-state index in [1.807, 2.05) is 78.9 Å². The molecular formula is C24H22N2OS. The lowest BCUT2D eigenvalue weighted by Crippen LogP contribution is -2.22. The maximum Gasteiger partial charge on any atom is 0.236 e. The molecule has 0 spiro atoms. The minimum Gasteiger partial charge on any atom is -0.325 e. The molecule has 0 bridgehead atoms. The quantitative estimate of drug-likeness (QED) is 0.440. The van der Waals surface area contributed by atoms with Gasteiger partial charge in [-0.2, -0.15) is 0 Å². The summed E-state index contributed by atoms with van der Waals surface area (Å²) in [4.78, 5) is 17.9. The van der Waals surface area contributed by atoms with Crippen molar-refractivity contribution in [3.8, 4) is 0 Å². The topological polar surface area (TPSA) is 42.0 Å². The molecule has 0 radical (unpaired) electrons. The number of hydrogen-bond acceptors (Lipinski definition) is 3. The van der Waals surface area contributed by atoms with Crippen molar-refractivity contribution in [2.75, 3.05) is 5.32 Å². The molecule has 0 unspecified atom stereocenters. The molecule has 0 saturated heterocycles. The van der Waals surface area contributed by atoms with E-state index in [4.69, 9.17) is 0 Å². The average Bonchev–Trinajstić information content (AvgIpc) is 3.12. The molecule has 3 nitrogen and oxygen atoms in total. The summed E-state index contributed by atoms with van der Waals surface area (Å²) in [6.07, 6.45) is 2.07.